The Morgan fingerprint density at radius 3 is 2.85 bits per heavy atom. The van der Waals surface area contributed by atoms with Crippen molar-refractivity contribution in [2.45, 2.75) is 5.75 Å². The average molecular weight is 222 g/mol. The number of hydrogen-bond donors (Lipinski definition) is 0. The van der Waals surface area contributed by atoms with Gasteiger partial charge < -0.3 is 4.74 Å². The first kappa shape index (κ1) is 10.3. The van der Waals surface area contributed by atoms with E-state index in [2.05, 4.69) is 4.98 Å². The summed E-state index contributed by atoms with van der Waals surface area (Å²) in [6, 6.07) is 3.29. The van der Waals surface area contributed by atoms with Crippen molar-refractivity contribution in [2.24, 2.45) is 0 Å². The number of methoxy groups -OCH3 is 1. The van der Waals surface area contributed by atoms with Gasteiger partial charge in [-0.15, -0.1) is 0 Å². The van der Waals surface area contributed by atoms with Crippen LogP contribution in [0.5, 0.6) is 5.75 Å². The van der Waals surface area contributed by atoms with Crippen LogP contribution in [0.25, 0.3) is 0 Å². The summed E-state index contributed by atoms with van der Waals surface area (Å²) in [5, 5.41) is 0. The van der Waals surface area contributed by atoms with Gasteiger partial charge in [-0.25, -0.2) is 8.42 Å². The van der Waals surface area contributed by atoms with E-state index in [0.29, 0.717) is 11.4 Å². The molecule has 0 amide bonds. The molecule has 0 spiro atoms. The van der Waals surface area contributed by atoms with E-state index < -0.39 is 9.05 Å². The van der Waals surface area contributed by atoms with Crippen molar-refractivity contribution in [3.05, 3.63) is 24.0 Å². The van der Waals surface area contributed by atoms with E-state index in [1.165, 1.54) is 13.3 Å². The maximum Gasteiger partial charge on any atom is 0.238 e. The van der Waals surface area contributed by atoms with Gasteiger partial charge in [-0.05, 0) is 12.1 Å². The zero-order chi connectivity index (χ0) is 9.90. The van der Waals surface area contributed by atoms with Crippen LogP contribution in [-0.2, 0) is 14.8 Å². The lowest BCUT2D eigenvalue weighted by Crippen LogP contribution is -2.00. The number of pyridine rings is 1. The lowest BCUT2D eigenvalue weighted by atomic mass is 10.3. The number of ether oxygens (including phenoxy) is 1. The Kier molecular flexibility index (Phi) is 3.11. The largest absolute Gasteiger partial charge is 0.495 e. The Bertz CT molecular complexity index is 390. The molecule has 0 fully saturated rings. The van der Waals surface area contributed by atoms with Crippen molar-refractivity contribution in [3.63, 3.8) is 0 Å². The molecular formula is C7H8ClNO3S. The Balaban J connectivity index is 3.01. The van der Waals surface area contributed by atoms with Gasteiger partial charge >= 0.3 is 0 Å². The molecule has 13 heavy (non-hydrogen) atoms. The van der Waals surface area contributed by atoms with Crippen molar-refractivity contribution in [3.8, 4) is 5.75 Å². The van der Waals surface area contributed by atoms with E-state index in [0.717, 1.165) is 0 Å². The monoisotopic (exact) mass is 221 g/mol. The second-order valence-electron chi connectivity index (χ2n) is 2.34. The van der Waals surface area contributed by atoms with E-state index in [4.69, 9.17) is 15.4 Å². The second kappa shape index (κ2) is 3.93. The lowest BCUT2D eigenvalue weighted by molar-refractivity contribution is 0.408. The standard InChI is InChI=1S/C7H8ClNO3S/c1-12-7-3-2-4-9-6(7)5-13(8,10)11/h2-4H,5H2,1H3. The van der Waals surface area contributed by atoms with Crippen LogP contribution in [0.3, 0.4) is 0 Å². The van der Waals surface area contributed by atoms with E-state index in [1.807, 2.05) is 0 Å². The Morgan fingerprint density at radius 1 is 1.62 bits per heavy atom. The molecule has 0 aromatic carbocycles. The van der Waals surface area contributed by atoms with Crippen LogP contribution < -0.4 is 4.74 Å². The number of hydrogen-bond acceptors (Lipinski definition) is 4. The third kappa shape index (κ3) is 3.20. The number of aromatic nitrogens is 1. The van der Waals surface area contributed by atoms with Gasteiger partial charge in [-0.1, -0.05) is 0 Å². The third-order valence-corrected chi connectivity index (χ3v) is 2.32. The summed E-state index contributed by atoms with van der Waals surface area (Å²) < 4.78 is 26.4. The minimum Gasteiger partial charge on any atom is -0.495 e. The molecule has 0 aliphatic carbocycles. The van der Waals surface area contributed by atoms with Gasteiger partial charge in [-0.3, -0.25) is 4.98 Å². The first-order valence-electron chi connectivity index (χ1n) is 3.43. The van der Waals surface area contributed by atoms with Gasteiger partial charge in [-0.2, -0.15) is 0 Å². The maximum absolute atomic E-state index is 10.7. The molecule has 1 aromatic rings. The van der Waals surface area contributed by atoms with Crippen LogP contribution in [0.15, 0.2) is 18.3 Å². The van der Waals surface area contributed by atoms with Gasteiger partial charge in [0.1, 0.15) is 11.5 Å². The fourth-order valence-electron chi connectivity index (χ4n) is 0.881. The molecule has 0 unspecified atom stereocenters. The summed E-state index contributed by atoms with van der Waals surface area (Å²) in [6.07, 6.45) is 1.49. The Morgan fingerprint density at radius 2 is 2.31 bits per heavy atom. The van der Waals surface area contributed by atoms with Crippen LogP contribution in [-0.4, -0.2) is 20.5 Å². The first-order valence-corrected chi connectivity index (χ1v) is 5.91. The molecule has 6 heteroatoms. The fourth-order valence-corrected chi connectivity index (χ4v) is 1.73. The normalized spacial score (nSPS) is 11.2. The molecule has 0 saturated heterocycles. The summed E-state index contributed by atoms with van der Waals surface area (Å²) in [5.41, 5.74) is 0.319. The predicted octanol–water partition coefficient (Wildman–Crippen LogP) is 1.16. The highest BCUT2D eigenvalue weighted by Crippen LogP contribution is 2.18. The van der Waals surface area contributed by atoms with Gasteiger partial charge in [0.15, 0.2) is 0 Å². The van der Waals surface area contributed by atoms with Crippen LogP contribution in [0.2, 0.25) is 0 Å². The van der Waals surface area contributed by atoms with Gasteiger partial charge in [0, 0.05) is 16.9 Å². The molecule has 0 bridgehead atoms. The summed E-state index contributed by atoms with van der Waals surface area (Å²) in [7, 11) is 2.94. The molecule has 4 nitrogen and oxygen atoms in total. The van der Waals surface area contributed by atoms with E-state index >= 15 is 0 Å². The molecule has 0 aliphatic rings. The number of rotatable bonds is 3. The quantitative estimate of drug-likeness (QED) is 0.719. The van der Waals surface area contributed by atoms with Gasteiger partial charge in [0.25, 0.3) is 0 Å². The van der Waals surface area contributed by atoms with Gasteiger partial charge in [0.05, 0.1) is 12.8 Å². The maximum atomic E-state index is 10.7. The predicted molar refractivity (Wildman–Crippen MR) is 49.3 cm³/mol. The Hall–Kier alpha value is -0.810. The highest BCUT2D eigenvalue weighted by Gasteiger charge is 2.12. The molecule has 0 aliphatic heterocycles. The SMILES string of the molecule is COc1cccnc1CS(=O)(=O)Cl. The summed E-state index contributed by atoms with van der Waals surface area (Å²) >= 11 is 0. The molecule has 0 saturated carbocycles. The molecular weight excluding hydrogens is 214 g/mol. The van der Waals surface area contributed by atoms with E-state index in [9.17, 15) is 8.42 Å². The second-order valence-corrected chi connectivity index (χ2v) is 5.11. The highest BCUT2D eigenvalue weighted by molar-refractivity contribution is 8.13. The summed E-state index contributed by atoms with van der Waals surface area (Å²) in [4.78, 5) is 3.85. The summed E-state index contributed by atoms with van der Waals surface area (Å²) in [6.45, 7) is 0. The Labute approximate surface area is 80.9 Å². The lowest BCUT2D eigenvalue weighted by Gasteiger charge is -2.03. The zero-order valence-electron chi connectivity index (χ0n) is 6.90. The van der Waals surface area contributed by atoms with Crippen molar-refractivity contribution in [1.29, 1.82) is 0 Å². The molecule has 0 atom stereocenters. The minimum atomic E-state index is -3.58. The van der Waals surface area contributed by atoms with Crippen molar-refractivity contribution >= 4 is 19.7 Å². The molecule has 1 rings (SSSR count). The summed E-state index contributed by atoms with van der Waals surface area (Å²) in [5.74, 6) is 0.102. The molecule has 1 heterocycles. The third-order valence-electron chi connectivity index (χ3n) is 1.38. The topological polar surface area (TPSA) is 56.3 Å². The van der Waals surface area contributed by atoms with Gasteiger partial charge in [0.2, 0.25) is 9.05 Å². The first-order chi connectivity index (χ1) is 6.03. The van der Waals surface area contributed by atoms with Crippen LogP contribution in [0.1, 0.15) is 5.69 Å². The zero-order valence-corrected chi connectivity index (χ0v) is 8.47. The average Bonchev–Trinajstić information content (AvgIpc) is 2.02. The number of nitrogens with zero attached hydrogens (tertiary/aromatic N) is 1. The van der Waals surface area contributed by atoms with Crippen LogP contribution in [0, 0.1) is 0 Å². The molecule has 1 aromatic heterocycles. The van der Waals surface area contributed by atoms with Crippen molar-refractivity contribution in [1.82, 2.24) is 4.98 Å². The molecule has 0 radical (unpaired) electrons. The van der Waals surface area contributed by atoms with E-state index in [1.54, 1.807) is 12.1 Å². The van der Waals surface area contributed by atoms with Crippen molar-refractivity contribution < 1.29 is 13.2 Å². The molecule has 72 valence electrons. The minimum absolute atomic E-state index is 0.319. The number of halogens is 1. The van der Waals surface area contributed by atoms with Crippen molar-refractivity contribution in [2.75, 3.05) is 7.11 Å². The van der Waals surface area contributed by atoms with Crippen LogP contribution in [0.4, 0.5) is 0 Å². The highest BCUT2D eigenvalue weighted by atomic mass is 35.7. The van der Waals surface area contributed by atoms with Crippen LogP contribution >= 0.6 is 10.7 Å². The van der Waals surface area contributed by atoms with E-state index in [-0.39, 0.29) is 5.75 Å². The molecule has 0 N–H and O–H groups in total. The smallest absolute Gasteiger partial charge is 0.238 e. The fraction of sp³-hybridized carbons (Fsp3) is 0.286.